The van der Waals surface area contributed by atoms with E-state index in [1.807, 2.05) is 62.3 Å². The van der Waals surface area contributed by atoms with Gasteiger partial charge in [-0.15, -0.1) is 0 Å². The summed E-state index contributed by atoms with van der Waals surface area (Å²) in [5.41, 5.74) is 7.90. The van der Waals surface area contributed by atoms with Crippen LogP contribution in [-0.2, 0) is 4.57 Å². The van der Waals surface area contributed by atoms with Gasteiger partial charge in [0.2, 0.25) is 0 Å². The van der Waals surface area contributed by atoms with Crippen LogP contribution in [0.1, 0.15) is 62.3 Å². The van der Waals surface area contributed by atoms with Crippen molar-refractivity contribution in [2.75, 3.05) is 0 Å². The summed E-state index contributed by atoms with van der Waals surface area (Å²) >= 11 is 0. The molecule has 0 aliphatic rings. The third-order valence-electron chi connectivity index (χ3n) is 1.77. The van der Waals surface area contributed by atoms with E-state index in [-0.39, 0.29) is 16.2 Å². The van der Waals surface area contributed by atoms with Crippen LogP contribution in [0.3, 0.4) is 0 Å². The number of rotatable bonds is 0. The number of hydrogen-bond acceptors (Lipinski definition) is 1. The highest BCUT2D eigenvalue weighted by molar-refractivity contribution is 7.78. The van der Waals surface area contributed by atoms with Crippen LogP contribution in [0.5, 0.6) is 0 Å². The van der Waals surface area contributed by atoms with Gasteiger partial charge in [0.1, 0.15) is 0 Å². The normalized spacial score (nSPS) is 12.2. The van der Waals surface area contributed by atoms with E-state index in [0.29, 0.717) is 0 Å². The highest BCUT2D eigenvalue weighted by Crippen LogP contribution is 2.43. The zero-order valence-corrected chi connectivity index (χ0v) is 15.2. The summed E-state index contributed by atoms with van der Waals surface area (Å²) in [5.74, 6) is 9.05. The maximum atomic E-state index is 12.8. The predicted octanol–water partition coefficient (Wildman–Crippen LogP) is 5.37. The molecule has 0 radical (unpaired) electrons. The minimum absolute atomic E-state index is 0.206. The predicted molar refractivity (Wildman–Crippen MR) is 89.3 cm³/mol. The maximum Gasteiger partial charge on any atom is 0.291 e. The Morgan fingerprint density at radius 3 is 0.900 bits per heavy atom. The molecule has 1 nitrogen and oxygen atoms in total. The fourth-order valence-corrected chi connectivity index (χ4v) is 2.47. The summed E-state index contributed by atoms with van der Waals surface area (Å²) in [4.78, 5) is 0. The van der Waals surface area contributed by atoms with Crippen LogP contribution in [0.25, 0.3) is 0 Å². The van der Waals surface area contributed by atoms with Crippen LogP contribution in [0, 0.1) is 51.0 Å². The summed E-state index contributed by atoms with van der Waals surface area (Å²) < 4.78 is 12.8. The van der Waals surface area contributed by atoms with E-state index in [2.05, 4.69) is 34.7 Å². The van der Waals surface area contributed by atoms with Crippen molar-refractivity contribution in [2.45, 2.75) is 62.3 Å². The standard InChI is InChI=1S/C18H27OP/c1-16(2,3)10-13-20(19,14-11-17(4,5)6)15-12-18(7,8)9/h1-9H3. The monoisotopic (exact) mass is 290 g/mol. The summed E-state index contributed by atoms with van der Waals surface area (Å²) in [6.07, 6.45) is 0. The fraction of sp³-hybridized carbons (Fsp3) is 0.667. The zero-order valence-electron chi connectivity index (χ0n) is 14.4. The highest BCUT2D eigenvalue weighted by atomic mass is 31.2. The van der Waals surface area contributed by atoms with Gasteiger partial charge < -0.3 is 0 Å². The lowest BCUT2D eigenvalue weighted by Crippen LogP contribution is -2.01. The second-order valence-electron chi connectivity index (χ2n) is 8.07. The molecule has 0 atom stereocenters. The summed E-state index contributed by atoms with van der Waals surface area (Å²) in [6.45, 7) is 17.9. The zero-order chi connectivity index (χ0) is 16.2. The SMILES string of the molecule is CC(C)(C)C#CP(=O)(C#CC(C)(C)C)C#CC(C)(C)C. The van der Waals surface area contributed by atoms with Gasteiger partial charge in [0.25, 0.3) is 7.14 Å². The number of hydrogen-bond donors (Lipinski definition) is 0. The Labute approximate surface area is 125 Å². The van der Waals surface area contributed by atoms with Crippen LogP contribution >= 0.6 is 7.14 Å². The first-order valence-corrected chi connectivity index (χ1v) is 8.56. The largest absolute Gasteiger partial charge is 0.291 e. The third kappa shape index (κ3) is 10.8. The Balaban J connectivity index is 5.79. The molecule has 0 saturated heterocycles. The maximum absolute atomic E-state index is 12.8. The second-order valence-corrected chi connectivity index (χ2v) is 9.96. The van der Waals surface area contributed by atoms with E-state index >= 15 is 0 Å². The molecule has 0 aliphatic heterocycles. The summed E-state index contributed by atoms with van der Waals surface area (Å²) in [5, 5.41) is 0. The van der Waals surface area contributed by atoms with Gasteiger partial charge in [-0.1, -0.05) is 17.8 Å². The Kier molecular flexibility index (Phi) is 5.79. The Morgan fingerprint density at radius 2 is 0.750 bits per heavy atom. The Bertz CT molecular complexity index is 484. The Hall–Kier alpha value is -1.09. The average Bonchev–Trinajstić information content (AvgIpc) is 2.18. The van der Waals surface area contributed by atoms with Crippen molar-refractivity contribution in [3.8, 4) is 34.7 Å². The Morgan fingerprint density at radius 1 is 0.550 bits per heavy atom. The molecule has 2 heteroatoms. The van der Waals surface area contributed by atoms with E-state index < -0.39 is 7.14 Å². The van der Waals surface area contributed by atoms with Crippen LogP contribution < -0.4 is 0 Å². The molecule has 0 amide bonds. The van der Waals surface area contributed by atoms with Crippen molar-refractivity contribution < 1.29 is 4.57 Å². The van der Waals surface area contributed by atoms with Crippen LogP contribution in [0.15, 0.2) is 0 Å². The molecule has 0 aromatic carbocycles. The topological polar surface area (TPSA) is 17.1 Å². The van der Waals surface area contributed by atoms with E-state index in [0.717, 1.165) is 0 Å². The van der Waals surface area contributed by atoms with Gasteiger partial charge in [0, 0.05) is 16.2 Å². The molecule has 0 rings (SSSR count). The second kappa shape index (κ2) is 6.13. The molecule has 0 saturated carbocycles. The van der Waals surface area contributed by atoms with Crippen molar-refractivity contribution in [3.05, 3.63) is 0 Å². The quantitative estimate of drug-likeness (QED) is 0.433. The molecule has 0 heterocycles. The average molecular weight is 290 g/mol. The van der Waals surface area contributed by atoms with Crippen molar-refractivity contribution in [3.63, 3.8) is 0 Å². The molecule has 0 fully saturated rings. The highest BCUT2D eigenvalue weighted by Gasteiger charge is 2.17. The summed E-state index contributed by atoms with van der Waals surface area (Å²) in [7, 11) is -3.09. The molecular weight excluding hydrogens is 263 g/mol. The first kappa shape index (κ1) is 18.9. The van der Waals surface area contributed by atoms with Gasteiger partial charge in [-0.05, 0) is 79.3 Å². The minimum Gasteiger partial charge on any atom is -0.282 e. The minimum atomic E-state index is -3.09. The molecule has 0 unspecified atom stereocenters. The van der Waals surface area contributed by atoms with E-state index in [1.54, 1.807) is 0 Å². The molecule has 0 bridgehead atoms. The first-order valence-electron chi connectivity index (χ1n) is 6.85. The molecule has 0 spiro atoms. The molecular formula is C18H27OP. The fourth-order valence-electron chi connectivity index (χ4n) is 0.823. The van der Waals surface area contributed by atoms with E-state index in [1.165, 1.54) is 0 Å². The van der Waals surface area contributed by atoms with Crippen molar-refractivity contribution in [2.24, 2.45) is 16.2 Å². The van der Waals surface area contributed by atoms with Gasteiger partial charge in [0.15, 0.2) is 0 Å². The van der Waals surface area contributed by atoms with Crippen molar-refractivity contribution >= 4 is 7.14 Å². The van der Waals surface area contributed by atoms with Gasteiger partial charge in [-0.2, -0.15) is 0 Å². The van der Waals surface area contributed by atoms with Crippen LogP contribution in [0.4, 0.5) is 0 Å². The van der Waals surface area contributed by atoms with Gasteiger partial charge in [0.05, 0.1) is 0 Å². The van der Waals surface area contributed by atoms with Crippen molar-refractivity contribution in [1.82, 2.24) is 0 Å². The smallest absolute Gasteiger partial charge is 0.282 e. The molecule has 0 N–H and O–H groups in total. The lowest BCUT2D eigenvalue weighted by molar-refractivity contribution is 0.568. The van der Waals surface area contributed by atoms with E-state index in [4.69, 9.17) is 0 Å². The molecule has 20 heavy (non-hydrogen) atoms. The summed E-state index contributed by atoms with van der Waals surface area (Å²) in [6, 6.07) is 0. The van der Waals surface area contributed by atoms with Crippen LogP contribution in [0.2, 0.25) is 0 Å². The van der Waals surface area contributed by atoms with Gasteiger partial charge in [-0.3, -0.25) is 4.57 Å². The van der Waals surface area contributed by atoms with Crippen LogP contribution in [-0.4, -0.2) is 0 Å². The molecule has 0 aromatic rings. The van der Waals surface area contributed by atoms with Gasteiger partial charge in [-0.25, -0.2) is 0 Å². The molecule has 0 aromatic heterocycles. The van der Waals surface area contributed by atoms with Crippen molar-refractivity contribution in [1.29, 1.82) is 0 Å². The first-order chi connectivity index (χ1) is 8.62. The van der Waals surface area contributed by atoms with E-state index in [9.17, 15) is 4.57 Å². The molecule has 0 aliphatic carbocycles. The third-order valence-corrected chi connectivity index (χ3v) is 3.05. The van der Waals surface area contributed by atoms with Gasteiger partial charge >= 0.3 is 0 Å². The lowest BCUT2D eigenvalue weighted by atomic mass is 9.99. The lowest BCUT2D eigenvalue weighted by Gasteiger charge is -2.10. The molecule has 110 valence electrons.